The first-order chi connectivity index (χ1) is 13.9. The van der Waals surface area contributed by atoms with Gasteiger partial charge in [0.05, 0.1) is 6.10 Å². The van der Waals surface area contributed by atoms with Gasteiger partial charge in [-0.2, -0.15) is 0 Å². The molecule has 29 heavy (non-hydrogen) atoms. The Kier molecular flexibility index (Phi) is 6.88. The normalized spacial score (nSPS) is 12.0. The number of hydrogen-bond acceptors (Lipinski definition) is 3. The molecule has 0 fully saturated rings. The molecule has 0 saturated heterocycles. The number of carbonyl (C=O) groups excluding carboxylic acids is 1. The van der Waals surface area contributed by atoms with Crippen molar-refractivity contribution in [2.75, 3.05) is 0 Å². The third-order valence-corrected chi connectivity index (χ3v) is 4.86. The summed E-state index contributed by atoms with van der Waals surface area (Å²) in [6.07, 6.45) is 3.54. The summed E-state index contributed by atoms with van der Waals surface area (Å²) >= 11 is 5.36. The van der Waals surface area contributed by atoms with Crippen LogP contribution in [0.1, 0.15) is 43.2 Å². The molecule has 5 nitrogen and oxygen atoms in total. The van der Waals surface area contributed by atoms with E-state index in [0.29, 0.717) is 10.5 Å². The smallest absolute Gasteiger partial charge is 0.270 e. The second-order valence-corrected chi connectivity index (χ2v) is 7.76. The lowest BCUT2D eigenvalue weighted by Crippen LogP contribution is -2.34. The summed E-state index contributed by atoms with van der Waals surface area (Å²) < 4.78 is 7.93. The van der Waals surface area contributed by atoms with Crippen LogP contribution in [0.15, 0.2) is 60.8 Å². The zero-order valence-corrected chi connectivity index (χ0v) is 17.8. The summed E-state index contributed by atoms with van der Waals surface area (Å²) in [5.41, 5.74) is 2.58. The molecule has 152 valence electrons. The van der Waals surface area contributed by atoms with Gasteiger partial charge in [0.1, 0.15) is 11.4 Å². The fraction of sp³-hybridized carbons (Fsp3) is 0.304. The van der Waals surface area contributed by atoms with Gasteiger partial charge in [-0.3, -0.25) is 9.36 Å². The minimum Gasteiger partial charge on any atom is -0.491 e. The molecule has 0 aliphatic rings. The van der Waals surface area contributed by atoms with Crippen molar-refractivity contribution in [3.05, 3.63) is 76.8 Å². The highest BCUT2D eigenvalue weighted by molar-refractivity contribution is 7.71. The van der Waals surface area contributed by atoms with Crippen LogP contribution >= 0.6 is 12.2 Å². The van der Waals surface area contributed by atoms with Crippen molar-refractivity contribution >= 4 is 18.1 Å². The van der Waals surface area contributed by atoms with Crippen molar-refractivity contribution in [2.24, 2.45) is 0 Å². The summed E-state index contributed by atoms with van der Waals surface area (Å²) in [5, 5.41) is 3.08. The Hall–Kier alpha value is -2.86. The molecule has 1 aromatic heterocycles. The van der Waals surface area contributed by atoms with Gasteiger partial charge in [-0.15, -0.1) is 0 Å². The maximum Gasteiger partial charge on any atom is 0.270 e. The summed E-state index contributed by atoms with van der Waals surface area (Å²) in [6.45, 7) is 6.04. The van der Waals surface area contributed by atoms with Crippen LogP contribution in [0.2, 0.25) is 0 Å². The van der Waals surface area contributed by atoms with Crippen LogP contribution in [-0.4, -0.2) is 27.6 Å². The zero-order valence-electron chi connectivity index (χ0n) is 17.0. The number of aromatic nitrogens is 2. The number of amides is 1. The number of para-hydroxylation sites is 1. The van der Waals surface area contributed by atoms with E-state index in [2.05, 4.69) is 22.4 Å². The molecule has 6 heteroatoms. The average molecular weight is 410 g/mol. The Labute approximate surface area is 176 Å². The predicted octanol–water partition coefficient (Wildman–Crippen LogP) is 5.07. The fourth-order valence-electron chi connectivity index (χ4n) is 3.13. The molecule has 3 aromatic rings. The van der Waals surface area contributed by atoms with E-state index in [0.717, 1.165) is 24.3 Å². The molecule has 0 aliphatic carbocycles. The molecule has 0 aliphatic heterocycles. The molecular formula is C23H27N3O2S. The highest BCUT2D eigenvalue weighted by atomic mass is 32.1. The minimum atomic E-state index is -0.144. The van der Waals surface area contributed by atoms with Gasteiger partial charge in [0, 0.05) is 17.9 Å². The van der Waals surface area contributed by atoms with Crippen LogP contribution in [-0.2, 0) is 6.42 Å². The van der Waals surface area contributed by atoms with Gasteiger partial charge in [0.15, 0.2) is 4.77 Å². The lowest BCUT2D eigenvalue weighted by atomic mass is 10.1. The molecule has 1 heterocycles. The summed E-state index contributed by atoms with van der Waals surface area (Å²) in [4.78, 5) is 15.8. The Bertz CT molecular complexity index is 991. The number of hydrogen-bond donors (Lipinski definition) is 2. The number of aryl methyl sites for hydroxylation is 1. The monoisotopic (exact) mass is 409 g/mol. The fourth-order valence-corrected chi connectivity index (χ4v) is 3.39. The van der Waals surface area contributed by atoms with Crippen molar-refractivity contribution in [3.63, 3.8) is 0 Å². The van der Waals surface area contributed by atoms with Gasteiger partial charge in [0.2, 0.25) is 0 Å². The summed E-state index contributed by atoms with van der Waals surface area (Å²) in [6, 6.07) is 17.8. The van der Waals surface area contributed by atoms with Crippen LogP contribution < -0.4 is 10.1 Å². The minimum absolute atomic E-state index is 0.0294. The molecule has 1 unspecified atom stereocenters. The van der Waals surface area contributed by atoms with Crippen LogP contribution in [0.5, 0.6) is 5.75 Å². The van der Waals surface area contributed by atoms with E-state index >= 15 is 0 Å². The molecule has 0 saturated carbocycles. The summed E-state index contributed by atoms with van der Waals surface area (Å²) in [7, 11) is 0. The molecule has 3 rings (SSSR count). The molecule has 2 aromatic carbocycles. The van der Waals surface area contributed by atoms with E-state index in [-0.39, 0.29) is 18.1 Å². The molecule has 1 atom stereocenters. The zero-order chi connectivity index (χ0) is 20.8. The van der Waals surface area contributed by atoms with E-state index in [1.165, 1.54) is 5.56 Å². The van der Waals surface area contributed by atoms with E-state index in [1.807, 2.05) is 63.2 Å². The molecule has 0 bridgehead atoms. The van der Waals surface area contributed by atoms with E-state index < -0.39 is 0 Å². The predicted molar refractivity (Wildman–Crippen MR) is 118 cm³/mol. The van der Waals surface area contributed by atoms with Crippen LogP contribution in [0.25, 0.3) is 5.69 Å². The lowest BCUT2D eigenvalue weighted by molar-refractivity contribution is 0.0931. The standard InChI is InChI=1S/C23H27N3O2S/c1-16(2)28-20-13-11-18(12-14-20)10-9-17(3)25-22(27)21-15-24-23(29)26(21)19-7-5-4-6-8-19/h4-8,11-17H,9-10H2,1-3H3,(H,24,29)(H,25,27). The van der Waals surface area contributed by atoms with Gasteiger partial charge in [-0.1, -0.05) is 30.3 Å². The van der Waals surface area contributed by atoms with Crippen molar-refractivity contribution in [3.8, 4) is 11.4 Å². The Morgan fingerprint density at radius 1 is 1.10 bits per heavy atom. The highest BCUT2D eigenvalue weighted by Gasteiger charge is 2.16. The number of imidazole rings is 1. The molecule has 2 N–H and O–H groups in total. The van der Waals surface area contributed by atoms with E-state index in [9.17, 15) is 4.79 Å². The second-order valence-electron chi connectivity index (χ2n) is 7.37. The van der Waals surface area contributed by atoms with E-state index in [4.69, 9.17) is 17.0 Å². The Morgan fingerprint density at radius 3 is 2.45 bits per heavy atom. The van der Waals surface area contributed by atoms with Crippen LogP contribution in [0.3, 0.4) is 0 Å². The van der Waals surface area contributed by atoms with Crippen molar-refractivity contribution < 1.29 is 9.53 Å². The molecular weight excluding hydrogens is 382 g/mol. The van der Waals surface area contributed by atoms with Crippen LogP contribution in [0, 0.1) is 4.77 Å². The summed E-state index contributed by atoms with van der Waals surface area (Å²) in [5.74, 6) is 0.733. The van der Waals surface area contributed by atoms with Crippen LogP contribution in [0.4, 0.5) is 0 Å². The maximum atomic E-state index is 12.8. The van der Waals surface area contributed by atoms with Gasteiger partial charge >= 0.3 is 0 Å². The number of rotatable bonds is 8. The Morgan fingerprint density at radius 2 is 1.79 bits per heavy atom. The first-order valence-corrected chi connectivity index (χ1v) is 10.3. The Balaban J connectivity index is 1.60. The molecule has 0 spiro atoms. The van der Waals surface area contributed by atoms with Crippen molar-refractivity contribution in [2.45, 2.75) is 45.8 Å². The van der Waals surface area contributed by atoms with Gasteiger partial charge in [-0.25, -0.2) is 0 Å². The van der Waals surface area contributed by atoms with Crippen molar-refractivity contribution in [1.82, 2.24) is 14.9 Å². The average Bonchev–Trinajstić information content (AvgIpc) is 3.09. The maximum absolute atomic E-state index is 12.8. The number of ether oxygens (including phenoxy) is 1. The molecule has 1 amide bonds. The quantitative estimate of drug-likeness (QED) is 0.511. The lowest BCUT2D eigenvalue weighted by Gasteiger charge is -2.15. The SMILES string of the molecule is CC(CCc1ccc(OC(C)C)cc1)NC(=O)c1c[nH]c(=S)n1-c1ccccc1. The first kappa shape index (κ1) is 20.9. The largest absolute Gasteiger partial charge is 0.491 e. The van der Waals surface area contributed by atoms with Gasteiger partial charge in [-0.05, 0) is 75.7 Å². The number of nitrogens with one attached hydrogen (secondary N) is 2. The third kappa shape index (κ3) is 5.57. The van der Waals surface area contributed by atoms with Gasteiger partial charge < -0.3 is 15.0 Å². The number of aromatic amines is 1. The first-order valence-electron chi connectivity index (χ1n) is 9.86. The number of nitrogens with zero attached hydrogens (tertiary/aromatic N) is 1. The van der Waals surface area contributed by atoms with E-state index in [1.54, 1.807) is 10.8 Å². The third-order valence-electron chi connectivity index (χ3n) is 4.56. The van der Waals surface area contributed by atoms with Crippen molar-refractivity contribution in [1.29, 1.82) is 0 Å². The topological polar surface area (TPSA) is 59.0 Å². The second kappa shape index (κ2) is 9.56. The molecule has 0 radical (unpaired) electrons. The number of carbonyl (C=O) groups is 1. The van der Waals surface area contributed by atoms with Gasteiger partial charge in [0.25, 0.3) is 5.91 Å². The number of H-pyrrole nitrogens is 1. The highest BCUT2D eigenvalue weighted by Crippen LogP contribution is 2.16. The number of benzene rings is 2.